The average molecular weight is 286 g/mol. The summed E-state index contributed by atoms with van der Waals surface area (Å²) in [7, 11) is 0. The molecule has 1 aromatic carbocycles. The molecule has 1 aromatic heterocycles. The van der Waals surface area contributed by atoms with Crippen molar-refractivity contribution in [2.45, 2.75) is 6.54 Å². The molecule has 1 fully saturated rings. The molecule has 1 amide bonds. The van der Waals surface area contributed by atoms with E-state index in [1.54, 1.807) is 23.1 Å². The summed E-state index contributed by atoms with van der Waals surface area (Å²) in [6.45, 7) is 2.77. The maximum atomic E-state index is 12.4. The largest absolute Gasteiger partial charge is 0.420 e. The number of nitrogens with one attached hydrogen (secondary N) is 1. The molecule has 1 aliphatic rings. The molecule has 7 heteroatoms. The summed E-state index contributed by atoms with van der Waals surface area (Å²) in [5.74, 6) is -0.658. The van der Waals surface area contributed by atoms with E-state index in [4.69, 9.17) is 9.68 Å². The molecule has 1 saturated heterocycles. The molecule has 2 heterocycles. The maximum Gasteiger partial charge on any atom is 0.420 e. The number of amides is 1. The lowest BCUT2D eigenvalue weighted by Gasteiger charge is -2.27. The first-order chi connectivity index (χ1) is 10.2. The van der Waals surface area contributed by atoms with Gasteiger partial charge in [0.05, 0.1) is 11.6 Å². The van der Waals surface area contributed by atoms with Crippen molar-refractivity contribution in [2.75, 3.05) is 26.2 Å². The number of piperazine rings is 1. The van der Waals surface area contributed by atoms with Gasteiger partial charge in [-0.05, 0) is 18.2 Å². The number of carbonyl (C=O) groups is 1. The lowest BCUT2D eigenvalue weighted by Crippen LogP contribution is -2.46. The fourth-order valence-corrected chi connectivity index (χ4v) is 2.47. The van der Waals surface area contributed by atoms with E-state index in [2.05, 4.69) is 5.32 Å². The number of nitriles is 1. The number of hydrogen-bond donors (Lipinski definition) is 1. The van der Waals surface area contributed by atoms with Crippen molar-refractivity contribution in [1.29, 1.82) is 5.26 Å². The Labute approximate surface area is 120 Å². The minimum absolute atomic E-state index is 0.0736. The van der Waals surface area contributed by atoms with E-state index >= 15 is 0 Å². The normalized spacial score (nSPS) is 15.1. The zero-order valence-corrected chi connectivity index (χ0v) is 11.3. The van der Waals surface area contributed by atoms with Crippen molar-refractivity contribution >= 4 is 17.0 Å². The second-order valence-electron chi connectivity index (χ2n) is 4.84. The standard InChI is InChI=1S/C14H14N4O3/c15-3-6-18-11-9-10(1-2-12(11)21-14(18)20)13(19)17-7-4-16-5-8-17/h1-2,9,16H,4-8H2. The molecule has 1 aliphatic heterocycles. The Kier molecular flexibility index (Phi) is 3.46. The Morgan fingerprint density at radius 2 is 2.14 bits per heavy atom. The van der Waals surface area contributed by atoms with Gasteiger partial charge in [-0.2, -0.15) is 5.26 Å². The van der Waals surface area contributed by atoms with Crippen molar-refractivity contribution in [2.24, 2.45) is 0 Å². The van der Waals surface area contributed by atoms with Gasteiger partial charge in [0.25, 0.3) is 5.91 Å². The summed E-state index contributed by atoms with van der Waals surface area (Å²) >= 11 is 0. The summed E-state index contributed by atoms with van der Waals surface area (Å²) in [4.78, 5) is 25.9. The summed E-state index contributed by atoms with van der Waals surface area (Å²) in [5.41, 5.74) is 1.35. The Hall–Kier alpha value is -2.59. The fourth-order valence-electron chi connectivity index (χ4n) is 2.47. The highest BCUT2D eigenvalue weighted by Crippen LogP contribution is 2.16. The smallest absolute Gasteiger partial charge is 0.408 e. The van der Waals surface area contributed by atoms with Crippen molar-refractivity contribution in [3.8, 4) is 6.07 Å². The lowest BCUT2D eigenvalue weighted by molar-refractivity contribution is 0.0736. The summed E-state index contributed by atoms with van der Waals surface area (Å²) in [6, 6.07) is 6.77. The predicted molar refractivity (Wildman–Crippen MR) is 74.9 cm³/mol. The van der Waals surface area contributed by atoms with Gasteiger partial charge in [-0.25, -0.2) is 4.79 Å². The van der Waals surface area contributed by atoms with Crippen LogP contribution in [0.2, 0.25) is 0 Å². The molecule has 0 unspecified atom stereocenters. The van der Waals surface area contributed by atoms with Gasteiger partial charge < -0.3 is 14.6 Å². The molecular formula is C14H14N4O3. The van der Waals surface area contributed by atoms with E-state index in [1.807, 2.05) is 6.07 Å². The van der Waals surface area contributed by atoms with Crippen molar-refractivity contribution in [3.05, 3.63) is 34.3 Å². The molecule has 0 bridgehead atoms. The van der Waals surface area contributed by atoms with Gasteiger partial charge in [-0.15, -0.1) is 0 Å². The number of hydrogen-bond acceptors (Lipinski definition) is 5. The Balaban J connectivity index is 2.00. The Morgan fingerprint density at radius 3 is 2.86 bits per heavy atom. The number of nitrogens with zero attached hydrogens (tertiary/aromatic N) is 3. The molecule has 1 N–H and O–H groups in total. The minimum Gasteiger partial charge on any atom is -0.408 e. The number of carbonyl (C=O) groups excluding carboxylic acids is 1. The molecular weight excluding hydrogens is 272 g/mol. The molecule has 0 saturated carbocycles. The first-order valence-electron chi connectivity index (χ1n) is 6.71. The van der Waals surface area contributed by atoms with E-state index < -0.39 is 5.76 Å². The number of fused-ring (bicyclic) bond motifs is 1. The Morgan fingerprint density at radius 1 is 1.38 bits per heavy atom. The Bertz CT molecular complexity index is 778. The van der Waals surface area contributed by atoms with Crippen LogP contribution in [0.5, 0.6) is 0 Å². The van der Waals surface area contributed by atoms with E-state index in [9.17, 15) is 9.59 Å². The fraction of sp³-hybridized carbons (Fsp3) is 0.357. The van der Waals surface area contributed by atoms with Gasteiger partial charge in [0.15, 0.2) is 5.58 Å². The van der Waals surface area contributed by atoms with Crippen LogP contribution in [0.25, 0.3) is 11.1 Å². The highest BCUT2D eigenvalue weighted by Gasteiger charge is 2.19. The van der Waals surface area contributed by atoms with E-state index in [1.165, 1.54) is 4.57 Å². The average Bonchev–Trinajstić information content (AvgIpc) is 2.83. The molecule has 0 spiro atoms. The molecule has 0 atom stereocenters. The maximum absolute atomic E-state index is 12.4. The summed E-state index contributed by atoms with van der Waals surface area (Å²) in [5, 5.41) is 12.0. The van der Waals surface area contributed by atoms with E-state index in [-0.39, 0.29) is 12.5 Å². The van der Waals surface area contributed by atoms with Gasteiger partial charge in [0.2, 0.25) is 0 Å². The molecule has 0 radical (unpaired) electrons. The highest BCUT2D eigenvalue weighted by molar-refractivity contribution is 5.97. The van der Waals surface area contributed by atoms with Gasteiger partial charge >= 0.3 is 5.76 Å². The van der Waals surface area contributed by atoms with Crippen LogP contribution in [0.3, 0.4) is 0 Å². The molecule has 21 heavy (non-hydrogen) atoms. The van der Waals surface area contributed by atoms with Crippen LogP contribution in [0.15, 0.2) is 27.4 Å². The topological polar surface area (TPSA) is 91.3 Å². The second-order valence-corrected chi connectivity index (χ2v) is 4.84. The van der Waals surface area contributed by atoms with Crippen molar-refractivity contribution in [1.82, 2.24) is 14.8 Å². The van der Waals surface area contributed by atoms with Crippen LogP contribution in [0.1, 0.15) is 10.4 Å². The zero-order valence-electron chi connectivity index (χ0n) is 11.3. The predicted octanol–water partition coefficient (Wildman–Crippen LogP) is 0.163. The molecule has 108 valence electrons. The van der Waals surface area contributed by atoms with Gasteiger partial charge in [0, 0.05) is 31.7 Å². The SMILES string of the molecule is N#CCn1c(=O)oc2ccc(C(=O)N3CCNCC3)cc21. The van der Waals surface area contributed by atoms with E-state index in [0.29, 0.717) is 29.8 Å². The summed E-state index contributed by atoms with van der Waals surface area (Å²) < 4.78 is 6.28. The molecule has 0 aliphatic carbocycles. The van der Waals surface area contributed by atoms with Gasteiger partial charge in [-0.3, -0.25) is 9.36 Å². The lowest BCUT2D eigenvalue weighted by atomic mass is 10.1. The molecule has 2 aromatic rings. The van der Waals surface area contributed by atoms with Gasteiger partial charge in [-0.1, -0.05) is 0 Å². The first kappa shape index (κ1) is 13.4. The van der Waals surface area contributed by atoms with Gasteiger partial charge in [0.1, 0.15) is 6.54 Å². The molecule has 7 nitrogen and oxygen atoms in total. The monoisotopic (exact) mass is 286 g/mol. The second kappa shape index (κ2) is 5.42. The minimum atomic E-state index is -0.585. The van der Waals surface area contributed by atoms with Crippen LogP contribution in [0.4, 0.5) is 0 Å². The van der Waals surface area contributed by atoms with Crippen LogP contribution in [0, 0.1) is 11.3 Å². The van der Waals surface area contributed by atoms with Crippen molar-refractivity contribution < 1.29 is 9.21 Å². The first-order valence-corrected chi connectivity index (χ1v) is 6.71. The van der Waals surface area contributed by atoms with Crippen LogP contribution >= 0.6 is 0 Å². The number of benzene rings is 1. The van der Waals surface area contributed by atoms with Crippen LogP contribution < -0.4 is 11.1 Å². The summed E-state index contributed by atoms with van der Waals surface area (Å²) in [6.07, 6.45) is 0. The highest BCUT2D eigenvalue weighted by atomic mass is 16.4. The number of rotatable bonds is 2. The van der Waals surface area contributed by atoms with Crippen LogP contribution in [-0.4, -0.2) is 41.6 Å². The van der Waals surface area contributed by atoms with Crippen LogP contribution in [-0.2, 0) is 6.54 Å². The quantitative estimate of drug-likeness (QED) is 0.849. The molecule has 3 rings (SSSR count). The third-order valence-corrected chi connectivity index (χ3v) is 3.55. The third kappa shape index (κ3) is 2.41. The van der Waals surface area contributed by atoms with Crippen molar-refractivity contribution in [3.63, 3.8) is 0 Å². The zero-order chi connectivity index (χ0) is 14.8. The number of oxazole rings is 1. The number of aromatic nitrogens is 1. The third-order valence-electron chi connectivity index (χ3n) is 3.55. The van der Waals surface area contributed by atoms with E-state index in [0.717, 1.165) is 13.1 Å².